The van der Waals surface area contributed by atoms with Crippen LogP contribution in [0.3, 0.4) is 0 Å². The van der Waals surface area contributed by atoms with E-state index in [4.69, 9.17) is 81.2 Å². The third-order valence-corrected chi connectivity index (χ3v) is 7.40. The summed E-state index contributed by atoms with van der Waals surface area (Å²) in [6.07, 6.45) is -6.42. The van der Waals surface area contributed by atoms with Crippen molar-refractivity contribution in [3.05, 3.63) is 86.3 Å². The van der Waals surface area contributed by atoms with Crippen molar-refractivity contribution in [1.29, 1.82) is 0 Å². The number of imide groups is 1. The first-order valence-electron chi connectivity index (χ1n) is 11.1. The standard InChI is InChI=1S/C25H14Cl7F3N4O2/c1-37-21(40)20(38(23(37)41)15-4-2-3-12(9-15)25(33,34)35)36-22(24(30,31)32)39(18-7-5-13(26)10-16(18)28)19-8-6-14(27)11-17(19)29/h2-11,22H,1H3/b36-20+. The summed E-state index contributed by atoms with van der Waals surface area (Å²) in [5, 5.41) is 0.658. The van der Waals surface area contributed by atoms with Gasteiger partial charge in [0.05, 0.1) is 32.7 Å². The minimum absolute atomic E-state index is 0.0589. The number of carbonyl (C=O) groups excluding carboxylic acids is 2. The predicted molar refractivity (Wildman–Crippen MR) is 159 cm³/mol. The number of anilines is 3. The largest absolute Gasteiger partial charge is 0.416 e. The molecule has 3 aromatic carbocycles. The van der Waals surface area contributed by atoms with Crippen LogP contribution < -0.4 is 9.80 Å². The number of benzene rings is 3. The van der Waals surface area contributed by atoms with Gasteiger partial charge in [0.1, 0.15) is 0 Å². The molecular formula is C25H14Cl7F3N4O2. The molecule has 1 unspecified atom stereocenters. The highest BCUT2D eigenvalue weighted by atomic mass is 35.6. The van der Waals surface area contributed by atoms with Crippen molar-refractivity contribution in [1.82, 2.24) is 4.90 Å². The maximum atomic E-state index is 13.5. The number of urea groups is 1. The molecule has 41 heavy (non-hydrogen) atoms. The third-order valence-electron chi connectivity index (χ3n) is 5.74. The maximum absolute atomic E-state index is 13.5. The molecule has 1 heterocycles. The van der Waals surface area contributed by atoms with E-state index < -0.39 is 39.5 Å². The van der Waals surface area contributed by atoms with Crippen LogP contribution in [0.4, 0.5) is 35.0 Å². The Morgan fingerprint density at radius 1 is 0.829 bits per heavy atom. The zero-order valence-corrected chi connectivity index (χ0v) is 25.5. The van der Waals surface area contributed by atoms with Crippen molar-refractivity contribution in [3.63, 3.8) is 0 Å². The molecule has 4 rings (SSSR count). The molecule has 0 aromatic heterocycles. The normalized spacial score (nSPS) is 16.1. The Bertz CT molecular complexity index is 1510. The Balaban J connectivity index is 1.99. The number of hydrogen-bond acceptors (Lipinski definition) is 4. The average molecular weight is 708 g/mol. The van der Waals surface area contributed by atoms with E-state index in [2.05, 4.69) is 4.99 Å². The van der Waals surface area contributed by atoms with Gasteiger partial charge in [0.15, 0.2) is 6.17 Å². The van der Waals surface area contributed by atoms with Crippen LogP contribution in [0.15, 0.2) is 65.7 Å². The van der Waals surface area contributed by atoms with Crippen molar-refractivity contribution in [2.24, 2.45) is 4.99 Å². The van der Waals surface area contributed by atoms with E-state index in [0.29, 0.717) is 15.9 Å². The first-order chi connectivity index (χ1) is 19.0. The van der Waals surface area contributed by atoms with Crippen LogP contribution in [0.1, 0.15) is 5.56 Å². The molecule has 216 valence electrons. The fourth-order valence-corrected chi connectivity index (χ4v) is 5.32. The molecule has 6 nitrogen and oxygen atoms in total. The molecule has 1 saturated heterocycles. The summed E-state index contributed by atoms with van der Waals surface area (Å²) in [5.41, 5.74) is -1.04. The van der Waals surface area contributed by atoms with Gasteiger partial charge in [-0.15, -0.1) is 0 Å². The minimum atomic E-state index is -4.74. The van der Waals surface area contributed by atoms with Crippen LogP contribution in [0.25, 0.3) is 0 Å². The molecule has 3 aromatic rings. The highest BCUT2D eigenvalue weighted by Gasteiger charge is 2.46. The second kappa shape index (κ2) is 11.9. The molecule has 0 spiro atoms. The summed E-state index contributed by atoms with van der Waals surface area (Å²) in [7, 11) is 1.13. The van der Waals surface area contributed by atoms with Gasteiger partial charge < -0.3 is 4.90 Å². The maximum Gasteiger partial charge on any atom is 0.416 e. The number of hydrogen-bond donors (Lipinski definition) is 0. The fraction of sp³-hybridized carbons (Fsp3) is 0.160. The molecular weight excluding hydrogens is 693 g/mol. The smallest absolute Gasteiger partial charge is 0.312 e. The molecule has 0 N–H and O–H groups in total. The molecule has 0 aliphatic carbocycles. The first kappa shape index (κ1) is 31.8. The van der Waals surface area contributed by atoms with Gasteiger partial charge >= 0.3 is 12.2 Å². The number of amidine groups is 1. The highest BCUT2D eigenvalue weighted by Crippen LogP contribution is 2.46. The van der Waals surface area contributed by atoms with E-state index in [9.17, 15) is 22.8 Å². The van der Waals surface area contributed by atoms with Crippen LogP contribution in [0.5, 0.6) is 0 Å². The number of likely N-dealkylation sites (N-methyl/N-ethyl adjacent to an activating group) is 1. The SMILES string of the molecule is CN1C(=O)/C(=N\C(N(c2ccc(Cl)cc2Cl)c2ccc(Cl)cc2Cl)C(Cl)(Cl)Cl)N(c2cccc(C(F)(F)F)c2)C1=O. The topological polar surface area (TPSA) is 56.2 Å². The molecule has 0 radical (unpaired) electrons. The second-order valence-electron chi connectivity index (χ2n) is 8.46. The Labute approximate surface area is 266 Å². The first-order valence-corrected chi connectivity index (χ1v) is 13.8. The summed E-state index contributed by atoms with van der Waals surface area (Å²) < 4.78 is 38.0. The van der Waals surface area contributed by atoms with Gasteiger partial charge in [0, 0.05) is 17.1 Å². The van der Waals surface area contributed by atoms with Crippen LogP contribution in [-0.2, 0) is 11.0 Å². The Morgan fingerprint density at radius 2 is 1.37 bits per heavy atom. The zero-order chi connectivity index (χ0) is 30.4. The Hall–Kier alpha value is -2.11. The molecule has 0 saturated carbocycles. The van der Waals surface area contributed by atoms with Gasteiger partial charge in [-0.2, -0.15) is 13.2 Å². The quantitative estimate of drug-likeness (QED) is 0.196. The van der Waals surface area contributed by atoms with E-state index in [1.165, 1.54) is 47.4 Å². The molecule has 1 fully saturated rings. The van der Waals surface area contributed by atoms with Crippen molar-refractivity contribution in [3.8, 4) is 0 Å². The lowest BCUT2D eigenvalue weighted by molar-refractivity contribution is -0.137. The summed E-state index contributed by atoms with van der Waals surface area (Å²) in [6, 6.07) is 11.5. The number of nitrogens with zero attached hydrogens (tertiary/aromatic N) is 4. The van der Waals surface area contributed by atoms with Crippen LogP contribution in [0, 0.1) is 0 Å². The van der Waals surface area contributed by atoms with E-state index in [1.54, 1.807) is 0 Å². The van der Waals surface area contributed by atoms with Crippen molar-refractivity contribution in [2.45, 2.75) is 16.1 Å². The number of alkyl halides is 6. The van der Waals surface area contributed by atoms with Gasteiger partial charge in [-0.05, 0) is 54.6 Å². The Kier molecular flexibility index (Phi) is 9.22. The molecule has 0 bridgehead atoms. The Morgan fingerprint density at radius 3 is 1.83 bits per heavy atom. The summed E-state index contributed by atoms with van der Waals surface area (Å²) in [4.78, 5) is 33.3. The molecule has 1 aliphatic heterocycles. The lowest BCUT2D eigenvalue weighted by Gasteiger charge is -2.36. The second-order valence-corrected chi connectivity index (χ2v) is 12.5. The minimum Gasteiger partial charge on any atom is -0.312 e. The van der Waals surface area contributed by atoms with E-state index in [0.717, 1.165) is 19.2 Å². The van der Waals surface area contributed by atoms with Gasteiger partial charge in [-0.25, -0.2) is 14.7 Å². The van der Waals surface area contributed by atoms with Crippen LogP contribution in [0.2, 0.25) is 20.1 Å². The van der Waals surface area contributed by atoms with E-state index in [-0.39, 0.29) is 37.2 Å². The van der Waals surface area contributed by atoms with Crippen LogP contribution >= 0.6 is 81.2 Å². The monoisotopic (exact) mass is 704 g/mol. The molecule has 3 amide bonds. The fourth-order valence-electron chi connectivity index (χ4n) is 3.88. The average Bonchev–Trinajstić information content (AvgIpc) is 3.07. The molecule has 1 atom stereocenters. The van der Waals surface area contributed by atoms with Crippen molar-refractivity contribution in [2.75, 3.05) is 16.8 Å². The summed E-state index contributed by atoms with van der Waals surface area (Å²) >= 11 is 44.4. The van der Waals surface area contributed by atoms with Gasteiger partial charge in [0.25, 0.3) is 5.91 Å². The van der Waals surface area contributed by atoms with Crippen LogP contribution in [-0.4, -0.2) is 39.7 Å². The number of carbonyl (C=O) groups is 2. The van der Waals surface area contributed by atoms with E-state index >= 15 is 0 Å². The number of aliphatic imine (C=N–C) groups is 1. The lowest BCUT2D eigenvalue weighted by atomic mass is 10.2. The van der Waals surface area contributed by atoms with Crippen molar-refractivity contribution >= 4 is 116 Å². The summed E-state index contributed by atoms with van der Waals surface area (Å²) in [6.45, 7) is 0. The number of amides is 3. The summed E-state index contributed by atoms with van der Waals surface area (Å²) in [5.74, 6) is -1.61. The van der Waals surface area contributed by atoms with Crippen molar-refractivity contribution < 1.29 is 22.8 Å². The highest BCUT2D eigenvalue weighted by molar-refractivity contribution is 6.68. The number of halogens is 10. The number of rotatable bonds is 5. The molecule has 1 aliphatic rings. The van der Waals surface area contributed by atoms with Gasteiger partial charge in [-0.1, -0.05) is 87.3 Å². The third kappa shape index (κ3) is 6.62. The van der Waals surface area contributed by atoms with Gasteiger partial charge in [-0.3, -0.25) is 9.69 Å². The lowest BCUT2D eigenvalue weighted by Crippen LogP contribution is -2.43. The van der Waals surface area contributed by atoms with Gasteiger partial charge in [0.2, 0.25) is 9.63 Å². The zero-order valence-electron chi connectivity index (χ0n) is 20.2. The predicted octanol–water partition coefficient (Wildman–Crippen LogP) is 9.65. The molecule has 16 heteroatoms. The van der Waals surface area contributed by atoms with E-state index in [1.807, 2.05) is 0 Å².